The number of amides is 3. The quantitative estimate of drug-likeness (QED) is 0.638. The van der Waals surface area contributed by atoms with Crippen LogP contribution in [0.15, 0.2) is 24.3 Å². The number of aliphatic carboxylic acids is 1. The Kier molecular flexibility index (Phi) is 3.94. The van der Waals surface area contributed by atoms with Gasteiger partial charge in [-0.05, 0) is 43.9 Å². The summed E-state index contributed by atoms with van der Waals surface area (Å²) in [6.45, 7) is 0.126. The zero-order chi connectivity index (χ0) is 16.4. The number of urea groups is 1. The predicted molar refractivity (Wildman–Crippen MR) is 83.3 cm³/mol. The molecule has 0 aliphatic heterocycles. The molecule has 0 bridgehead atoms. The lowest BCUT2D eigenvalue weighted by atomic mass is 10.1. The molecule has 0 spiro atoms. The van der Waals surface area contributed by atoms with Gasteiger partial charge in [0.05, 0.1) is 5.41 Å². The van der Waals surface area contributed by atoms with Crippen LogP contribution in [-0.2, 0) is 4.79 Å². The van der Waals surface area contributed by atoms with Crippen LogP contribution in [0.5, 0.6) is 0 Å². The van der Waals surface area contributed by atoms with Gasteiger partial charge in [0, 0.05) is 23.8 Å². The fraction of sp³-hybridized carbons (Fsp3) is 0.438. The SMILES string of the molecule is O=C(Nc1cccc(C(=O)NCC2(C(=O)O)CC2)c1)NC1CC1. The van der Waals surface area contributed by atoms with Crippen molar-refractivity contribution >= 4 is 23.6 Å². The Hall–Kier alpha value is -2.57. The van der Waals surface area contributed by atoms with Crippen molar-refractivity contribution < 1.29 is 19.5 Å². The lowest BCUT2D eigenvalue weighted by molar-refractivity contribution is -0.143. The first-order chi connectivity index (χ1) is 11.0. The minimum absolute atomic E-state index is 0.126. The predicted octanol–water partition coefficient (Wildman–Crippen LogP) is 1.57. The smallest absolute Gasteiger partial charge is 0.319 e. The molecule has 3 rings (SSSR count). The summed E-state index contributed by atoms with van der Waals surface area (Å²) in [4.78, 5) is 34.9. The lowest BCUT2D eigenvalue weighted by Crippen LogP contribution is -2.34. The number of hydrogen-bond donors (Lipinski definition) is 4. The third kappa shape index (κ3) is 3.80. The first kappa shape index (κ1) is 15.3. The van der Waals surface area contributed by atoms with Crippen molar-refractivity contribution in [2.75, 3.05) is 11.9 Å². The molecule has 2 fully saturated rings. The molecular weight excluding hydrogens is 298 g/mol. The van der Waals surface area contributed by atoms with Crippen molar-refractivity contribution in [1.82, 2.24) is 10.6 Å². The molecule has 0 aromatic heterocycles. The van der Waals surface area contributed by atoms with E-state index >= 15 is 0 Å². The molecule has 7 heteroatoms. The van der Waals surface area contributed by atoms with Crippen LogP contribution < -0.4 is 16.0 Å². The van der Waals surface area contributed by atoms with Gasteiger partial charge in [0.15, 0.2) is 0 Å². The van der Waals surface area contributed by atoms with Crippen molar-refractivity contribution in [2.45, 2.75) is 31.7 Å². The first-order valence-corrected chi connectivity index (χ1v) is 7.68. The van der Waals surface area contributed by atoms with E-state index in [0.29, 0.717) is 24.1 Å². The molecule has 2 aliphatic rings. The van der Waals surface area contributed by atoms with E-state index in [4.69, 9.17) is 5.11 Å². The van der Waals surface area contributed by atoms with Crippen molar-refractivity contribution in [1.29, 1.82) is 0 Å². The molecule has 1 aromatic rings. The number of anilines is 1. The van der Waals surface area contributed by atoms with Gasteiger partial charge in [-0.2, -0.15) is 0 Å². The molecule has 0 atom stereocenters. The standard InChI is InChI=1S/C16H19N3O4/c20-13(17-9-16(6-7-16)14(21)22)10-2-1-3-12(8-10)19-15(23)18-11-4-5-11/h1-3,8,11H,4-7,9H2,(H,17,20)(H,21,22)(H2,18,19,23). The van der Waals surface area contributed by atoms with Gasteiger partial charge >= 0.3 is 12.0 Å². The van der Waals surface area contributed by atoms with Crippen LogP contribution in [0.1, 0.15) is 36.0 Å². The van der Waals surface area contributed by atoms with E-state index in [1.54, 1.807) is 24.3 Å². The topological polar surface area (TPSA) is 108 Å². The Labute approximate surface area is 133 Å². The zero-order valence-electron chi connectivity index (χ0n) is 12.6. The summed E-state index contributed by atoms with van der Waals surface area (Å²) >= 11 is 0. The van der Waals surface area contributed by atoms with Crippen LogP contribution >= 0.6 is 0 Å². The third-order valence-corrected chi connectivity index (χ3v) is 4.19. The van der Waals surface area contributed by atoms with Gasteiger partial charge in [-0.3, -0.25) is 9.59 Å². The van der Waals surface area contributed by atoms with E-state index in [-0.39, 0.29) is 24.5 Å². The molecule has 0 radical (unpaired) electrons. The molecule has 0 saturated heterocycles. The molecule has 2 saturated carbocycles. The second-order valence-electron chi connectivity index (χ2n) is 6.22. The van der Waals surface area contributed by atoms with Gasteiger partial charge in [-0.25, -0.2) is 4.79 Å². The summed E-state index contributed by atoms with van der Waals surface area (Å²) in [6.07, 6.45) is 3.18. The first-order valence-electron chi connectivity index (χ1n) is 7.68. The number of hydrogen-bond acceptors (Lipinski definition) is 3. The molecule has 4 N–H and O–H groups in total. The number of rotatable bonds is 6. The summed E-state index contributed by atoms with van der Waals surface area (Å²) in [5.74, 6) is -1.21. The molecule has 3 amide bonds. The summed E-state index contributed by atoms with van der Waals surface area (Å²) < 4.78 is 0. The molecular formula is C16H19N3O4. The highest BCUT2D eigenvalue weighted by atomic mass is 16.4. The maximum absolute atomic E-state index is 12.1. The Morgan fingerprint density at radius 3 is 2.57 bits per heavy atom. The van der Waals surface area contributed by atoms with Crippen molar-refractivity contribution in [3.8, 4) is 0 Å². The van der Waals surface area contributed by atoms with Crippen LogP contribution in [0.25, 0.3) is 0 Å². The molecule has 7 nitrogen and oxygen atoms in total. The van der Waals surface area contributed by atoms with E-state index in [0.717, 1.165) is 12.8 Å². The highest BCUT2D eigenvalue weighted by molar-refractivity contribution is 5.97. The summed E-state index contributed by atoms with van der Waals surface area (Å²) in [5.41, 5.74) is 0.112. The van der Waals surface area contributed by atoms with Crippen molar-refractivity contribution in [3.05, 3.63) is 29.8 Å². The average molecular weight is 317 g/mol. The molecule has 0 heterocycles. The Balaban J connectivity index is 1.56. The van der Waals surface area contributed by atoms with Gasteiger partial charge < -0.3 is 21.1 Å². The number of carbonyl (C=O) groups is 3. The second-order valence-corrected chi connectivity index (χ2v) is 6.22. The fourth-order valence-corrected chi connectivity index (χ4v) is 2.29. The second kappa shape index (κ2) is 5.91. The van der Waals surface area contributed by atoms with E-state index < -0.39 is 11.4 Å². The van der Waals surface area contributed by atoms with Crippen LogP contribution in [0, 0.1) is 5.41 Å². The van der Waals surface area contributed by atoms with Gasteiger partial charge in [0.25, 0.3) is 5.91 Å². The van der Waals surface area contributed by atoms with E-state index in [1.807, 2.05) is 0 Å². The molecule has 2 aliphatic carbocycles. The van der Waals surface area contributed by atoms with E-state index in [1.165, 1.54) is 0 Å². The lowest BCUT2D eigenvalue weighted by Gasteiger charge is -2.12. The maximum Gasteiger partial charge on any atom is 0.319 e. The van der Waals surface area contributed by atoms with Crippen LogP contribution in [0.4, 0.5) is 10.5 Å². The monoisotopic (exact) mass is 317 g/mol. The normalized spacial score (nSPS) is 17.9. The van der Waals surface area contributed by atoms with E-state index in [2.05, 4.69) is 16.0 Å². The third-order valence-electron chi connectivity index (χ3n) is 4.19. The molecule has 0 unspecified atom stereocenters. The number of nitrogens with one attached hydrogen (secondary N) is 3. The maximum atomic E-state index is 12.1. The highest BCUT2D eigenvalue weighted by Gasteiger charge is 2.50. The van der Waals surface area contributed by atoms with Crippen molar-refractivity contribution in [2.24, 2.45) is 5.41 Å². The number of carbonyl (C=O) groups excluding carboxylic acids is 2. The number of benzene rings is 1. The zero-order valence-corrected chi connectivity index (χ0v) is 12.6. The average Bonchev–Trinajstić information content (AvgIpc) is 3.40. The van der Waals surface area contributed by atoms with Crippen LogP contribution in [0.2, 0.25) is 0 Å². The Morgan fingerprint density at radius 1 is 1.22 bits per heavy atom. The molecule has 1 aromatic carbocycles. The van der Waals surface area contributed by atoms with Crippen LogP contribution in [0.3, 0.4) is 0 Å². The Bertz CT molecular complexity index is 650. The summed E-state index contributed by atoms with van der Waals surface area (Å²) in [6, 6.07) is 6.54. The van der Waals surface area contributed by atoms with Gasteiger partial charge in [0.2, 0.25) is 0 Å². The summed E-state index contributed by atoms with van der Waals surface area (Å²) in [5, 5.41) is 17.2. The fourth-order valence-electron chi connectivity index (χ4n) is 2.29. The minimum Gasteiger partial charge on any atom is -0.481 e. The minimum atomic E-state index is -0.870. The molecule has 23 heavy (non-hydrogen) atoms. The summed E-state index contributed by atoms with van der Waals surface area (Å²) in [7, 11) is 0. The highest BCUT2D eigenvalue weighted by Crippen LogP contribution is 2.45. The van der Waals surface area contributed by atoms with Gasteiger partial charge in [-0.1, -0.05) is 6.07 Å². The van der Waals surface area contributed by atoms with Crippen molar-refractivity contribution in [3.63, 3.8) is 0 Å². The largest absolute Gasteiger partial charge is 0.481 e. The Morgan fingerprint density at radius 2 is 1.96 bits per heavy atom. The van der Waals surface area contributed by atoms with Gasteiger partial charge in [-0.15, -0.1) is 0 Å². The van der Waals surface area contributed by atoms with Crippen LogP contribution in [-0.4, -0.2) is 35.6 Å². The number of carboxylic acid groups (broad SMARTS) is 1. The van der Waals surface area contributed by atoms with Gasteiger partial charge in [0.1, 0.15) is 0 Å². The van der Waals surface area contributed by atoms with E-state index in [9.17, 15) is 14.4 Å². The molecule has 122 valence electrons. The number of carboxylic acids is 1.